The summed E-state index contributed by atoms with van der Waals surface area (Å²) in [5.74, 6) is 1.08. The fourth-order valence-corrected chi connectivity index (χ4v) is 5.71. The monoisotopic (exact) mass is 453 g/mol. The number of fused-ring (bicyclic) bond motifs is 1. The van der Waals surface area contributed by atoms with Crippen molar-refractivity contribution >= 4 is 15.9 Å². The van der Waals surface area contributed by atoms with E-state index < -0.39 is 10.0 Å². The van der Waals surface area contributed by atoms with Gasteiger partial charge in [-0.25, -0.2) is 8.42 Å². The predicted molar refractivity (Wildman–Crippen MR) is 114 cm³/mol. The molecule has 1 amide bonds. The third-order valence-corrected chi connectivity index (χ3v) is 7.93. The second-order valence-corrected chi connectivity index (χ2v) is 9.96. The molecule has 0 aliphatic carbocycles. The molecule has 9 nitrogen and oxygen atoms in total. The number of likely N-dealkylation sites (tertiary alicyclic amines) is 1. The van der Waals surface area contributed by atoms with Crippen molar-refractivity contribution in [1.82, 2.24) is 14.1 Å². The topological polar surface area (TPSA) is 88.6 Å². The highest BCUT2D eigenvalue weighted by Gasteiger charge is 2.32. The van der Waals surface area contributed by atoms with Crippen molar-refractivity contribution in [2.45, 2.75) is 30.8 Å². The van der Waals surface area contributed by atoms with Gasteiger partial charge in [0, 0.05) is 51.9 Å². The Morgan fingerprint density at radius 3 is 2.39 bits per heavy atom. The average Bonchev–Trinajstić information content (AvgIpc) is 2.80. The van der Waals surface area contributed by atoms with Crippen LogP contribution in [0.5, 0.6) is 11.5 Å². The predicted octanol–water partition coefficient (Wildman–Crippen LogP) is 0.792. The Morgan fingerprint density at radius 1 is 1.03 bits per heavy atom. The molecule has 0 spiro atoms. The van der Waals surface area contributed by atoms with Gasteiger partial charge in [-0.15, -0.1) is 0 Å². The molecule has 3 heterocycles. The van der Waals surface area contributed by atoms with Crippen LogP contribution in [0.4, 0.5) is 0 Å². The summed E-state index contributed by atoms with van der Waals surface area (Å²) in [6, 6.07) is 4.70. The first-order chi connectivity index (χ1) is 15.0. The van der Waals surface area contributed by atoms with Gasteiger partial charge in [-0.1, -0.05) is 0 Å². The molecule has 0 saturated carbocycles. The first-order valence-electron chi connectivity index (χ1n) is 11.0. The van der Waals surface area contributed by atoms with Crippen molar-refractivity contribution in [3.8, 4) is 11.5 Å². The van der Waals surface area contributed by atoms with E-state index in [-0.39, 0.29) is 23.9 Å². The number of benzene rings is 1. The number of hydrogen-bond acceptors (Lipinski definition) is 7. The highest BCUT2D eigenvalue weighted by molar-refractivity contribution is 7.89. The molecule has 3 aliphatic heterocycles. The number of rotatable bonds is 6. The average molecular weight is 454 g/mol. The lowest BCUT2D eigenvalue weighted by Gasteiger charge is -2.36. The minimum atomic E-state index is -3.65. The van der Waals surface area contributed by atoms with E-state index in [0.29, 0.717) is 50.5 Å². The Balaban J connectivity index is 1.29. The fraction of sp³-hybridized carbons (Fsp3) is 0.667. The number of nitrogens with zero attached hydrogens (tertiary/aromatic N) is 3. The normalized spacial score (nSPS) is 21.3. The largest absolute Gasteiger partial charge is 0.486 e. The molecule has 0 atom stereocenters. The van der Waals surface area contributed by atoms with E-state index in [0.717, 1.165) is 32.5 Å². The Labute approximate surface area is 183 Å². The summed E-state index contributed by atoms with van der Waals surface area (Å²) in [7, 11) is -3.65. The molecule has 10 heteroatoms. The molecule has 0 radical (unpaired) electrons. The number of amides is 1. The fourth-order valence-electron chi connectivity index (χ4n) is 4.27. The van der Waals surface area contributed by atoms with Crippen LogP contribution in [0.3, 0.4) is 0 Å². The maximum atomic E-state index is 13.1. The number of piperazine rings is 1. The maximum Gasteiger partial charge on any atom is 0.243 e. The zero-order chi connectivity index (χ0) is 21.8. The zero-order valence-corrected chi connectivity index (χ0v) is 18.8. The van der Waals surface area contributed by atoms with E-state index in [2.05, 4.69) is 4.90 Å². The van der Waals surface area contributed by atoms with Crippen LogP contribution >= 0.6 is 0 Å². The Kier molecular flexibility index (Phi) is 7.00. The van der Waals surface area contributed by atoms with Gasteiger partial charge in [0.1, 0.15) is 13.2 Å². The van der Waals surface area contributed by atoms with Crippen molar-refractivity contribution in [2.24, 2.45) is 0 Å². The van der Waals surface area contributed by atoms with Crippen molar-refractivity contribution in [1.29, 1.82) is 0 Å². The molecule has 172 valence electrons. The van der Waals surface area contributed by atoms with Crippen molar-refractivity contribution < 1.29 is 27.4 Å². The van der Waals surface area contributed by atoms with Crippen LogP contribution in [-0.2, 0) is 19.6 Å². The molecular weight excluding hydrogens is 422 g/mol. The van der Waals surface area contributed by atoms with E-state index in [9.17, 15) is 13.2 Å². The Hall–Kier alpha value is -1.88. The summed E-state index contributed by atoms with van der Waals surface area (Å²) in [4.78, 5) is 16.8. The molecule has 0 N–H and O–H groups in total. The molecule has 0 aromatic heterocycles. The lowest BCUT2D eigenvalue weighted by atomic mass is 10.1. The van der Waals surface area contributed by atoms with Crippen LogP contribution in [-0.4, -0.2) is 100 Å². The van der Waals surface area contributed by atoms with Gasteiger partial charge in [0.15, 0.2) is 11.5 Å². The van der Waals surface area contributed by atoms with E-state index in [4.69, 9.17) is 14.2 Å². The molecule has 1 aromatic rings. The van der Waals surface area contributed by atoms with E-state index in [1.807, 2.05) is 6.92 Å². The van der Waals surface area contributed by atoms with Gasteiger partial charge in [-0.05, 0) is 31.9 Å². The van der Waals surface area contributed by atoms with Gasteiger partial charge in [-0.2, -0.15) is 4.31 Å². The van der Waals surface area contributed by atoms with Gasteiger partial charge >= 0.3 is 0 Å². The Bertz CT molecular complexity index is 877. The van der Waals surface area contributed by atoms with Crippen LogP contribution in [0.25, 0.3) is 0 Å². The van der Waals surface area contributed by atoms with Gasteiger partial charge in [0.05, 0.1) is 17.5 Å². The quantitative estimate of drug-likeness (QED) is 0.629. The van der Waals surface area contributed by atoms with Gasteiger partial charge in [0.25, 0.3) is 0 Å². The summed E-state index contributed by atoms with van der Waals surface area (Å²) in [5.41, 5.74) is 0. The van der Waals surface area contributed by atoms with Gasteiger partial charge < -0.3 is 19.1 Å². The van der Waals surface area contributed by atoms with Crippen molar-refractivity contribution in [3.05, 3.63) is 18.2 Å². The standard InChI is InChI=1S/C21H31N3O6S/c1-2-28-17-5-7-22(8-6-17)16-21(25)23-9-11-24(12-10-23)31(26,27)18-3-4-19-20(15-18)30-14-13-29-19/h3-4,15,17H,2,5-14,16H2,1H3. The number of hydrogen-bond donors (Lipinski definition) is 0. The summed E-state index contributed by atoms with van der Waals surface area (Å²) >= 11 is 0. The molecular formula is C21H31N3O6S. The summed E-state index contributed by atoms with van der Waals surface area (Å²) in [6.45, 7) is 7.06. The minimum absolute atomic E-state index is 0.0613. The number of carbonyl (C=O) groups is 1. The SMILES string of the molecule is CCOC1CCN(CC(=O)N2CCN(S(=O)(=O)c3ccc4c(c3)OCCO4)CC2)CC1. The minimum Gasteiger partial charge on any atom is -0.486 e. The zero-order valence-electron chi connectivity index (χ0n) is 18.0. The van der Waals surface area contributed by atoms with Crippen LogP contribution < -0.4 is 9.47 Å². The van der Waals surface area contributed by atoms with E-state index >= 15 is 0 Å². The first-order valence-corrected chi connectivity index (χ1v) is 12.4. The lowest BCUT2D eigenvalue weighted by Crippen LogP contribution is -2.53. The smallest absolute Gasteiger partial charge is 0.243 e. The molecule has 0 unspecified atom stereocenters. The second kappa shape index (κ2) is 9.72. The maximum absolute atomic E-state index is 13.1. The Morgan fingerprint density at radius 2 is 1.71 bits per heavy atom. The van der Waals surface area contributed by atoms with Crippen LogP contribution in [0, 0.1) is 0 Å². The molecule has 2 fully saturated rings. The van der Waals surface area contributed by atoms with Gasteiger partial charge in [0.2, 0.25) is 15.9 Å². The highest BCUT2D eigenvalue weighted by Crippen LogP contribution is 2.33. The summed E-state index contributed by atoms with van der Waals surface area (Å²) in [6.07, 6.45) is 2.19. The van der Waals surface area contributed by atoms with Crippen molar-refractivity contribution in [2.75, 3.05) is 65.6 Å². The van der Waals surface area contributed by atoms with Crippen LogP contribution in [0.15, 0.2) is 23.1 Å². The molecule has 31 heavy (non-hydrogen) atoms. The number of sulfonamides is 1. The van der Waals surface area contributed by atoms with Crippen LogP contribution in [0.1, 0.15) is 19.8 Å². The third-order valence-electron chi connectivity index (χ3n) is 6.04. The molecule has 0 bridgehead atoms. The van der Waals surface area contributed by atoms with Gasteiger partial charge in [-0.3, -0.25) is 9.69 Å². The highest BCUT2D eigenvalue weighted by atomic mass is 32.2. The molecule has 1 aromatic carbocycles. The summed E-state index contributed by atoms with van der Waals surface area (Å²) in [5, 5.41) is 0. The molecule has 4 rings (SSSR count). The number of ether oxygens (including phenoxy) is 3. The lowest BCUT2D eigenvalue weighted by molar-refractivity contribution is -0.134. The second-order valence-electron chi connectivity index (χ2n) is 8.02. The van der Waals surface area contributed by atoms with Crippen molar-refractivity contribution in [3.63, 3.8) is 0 Å². The summed E-state index contributed by atoms with van der Waals surface area (Å²) < 4.78 is 44.2. The molecule has 2 saturated heterocycles. The van der Waals surface area contributed by atoms with E-state index in [1.165, 1.54) is 10.4 Å². The number of piperidine rings is 1. The molecule has 3 aliphatic rings. The first kappa shape index (κ1) is 22.3. The van der Waals surface area contributed by atoms with Crippen LogP contribution in [0.2, 0.25) is 0 Å². The number of carbonyl (C=O) groups excluding carboxylic acids is 1. The third kappa shape index (κ3) is 5.14. The van der Waals surface area contributed by atoms with E-state index in [1.54, 1.807) is 17.0 Å².